The summed E-state index contributed by atoms with van der Waals surface area (Å²) in [6.07, 6.45) is 0.658. The average Bonchev–Trinajstić information content (AvgIpc) is 2.18. The Kier molecular flexibility index (Phi) is 3.97. The lowest BCUT2D eigenvalue weighted by Crippen LogP contribution is -2.16. The lowest BCUT2D eigenvalue weighted by Gasteiger charge is -2.14. The van der Waals surface area contributed by atoms with E-state index < -0.39 is 5.97 Å². The van der Waals surface area contributed by atoms with Gasteiger partial charge in [0, 0.05) is 12.5 Å². The number of hydrogen-bond acceptors (Lipinski definition) is 3. The van der Waals surface area contributed by atoms with Crippen LogP contribution in [-0.2, 0) is 4.79 Å². The van der Waals surface area contributed by atoms with Gasteiger partial charge >= 0.3 is 5.97 Å². The summed E-state index contributed by atoms with van der Waals surface area (Å²) in [4.78, 5) is 10.3. The molecule has 0 spiro atoms. The number of aliphatic carboxylic acids is 1. The number of hydrogen-bond donors (Lipinski definition) is 3. The highest BCUT2D eigenvalue weighted by molar-refractivity contribution is 5.66. The quantitative estimate of drug-likeness (QED) is 0.649. The molecule has 82 valence electrons. The molecule has 1 aromatic carbocycles. The number of carboxylic acids is 1. The molecule has 0 aromatic heterocycles. The number of phenolic OH excluding ortho intramolecular Hbond substituents is 1. The molecule has 0 fully saturated rings. The number of benzene rings is 1. The molecule has 1 aromatic rings. The van der Waals surface area contributed by atoms with E-state index in [-0.39, 0.29) is 18.2 Å². The summed E-state index contributed by atoms with van der Waals surface area (Å²) < 4.78 is 0. The van der Waals surface area contributed by atoms with Crippen molar-refractivity contribution >= 4 is 11.7 Å². The molecule has 0 aliphatic carbocycles. The number of aromatic hydroxyl groups is 1. The zero-order valence-electron chi connectivity index (χ0n) is 8.60. The first-order valence-electron chi connectivity index (χ1n) is 4.86. The van der Waals surface area contributed by atoms with Gasteiger partial charge in [-0.25, -0.2) is 0 Å². The highest BCUT2D eigenvalue weighted by Crippen LogP contribution is 2.22. The minimum absolute atomic E-state index is 0.0226. The minimum atomic E-state index is -0.805. The lowest BCUT2D eigenvalue weighted by atomic mass is 10.1. The highest BCUT2D eigenvalue weighted by atomic mass is 16.4. The van der Waals surface area contributed by atoms with Crippen molar-refractivity contribution in [3.63, 3.8) is 0 Å². The van der Waals surface area contributed by atoms with E-state index in [1.54, 1.807) is 18.2 Å². The third-order valence-electron chi connectivity index (χ3n) is 2.10. The van der Waals surface area contributed by atoms with Gasteiger partial charge in [0.25, 0.3) is 0 Å². The second-order valence-corrected chi connectivity index (χ2v) is 3.49. The van der Waals surface area contributed by atoms with Gasteiger partial charge < -0.3 is 15.5 Å². The molecular formula is C11H15NO3. The molecule has 3 N–H and O–H groups in total. The third kappa shape index (κ3) is 3.89. The van der Waals surface area contributed by atoms with Gasteiger partial charge in [-0.1, -0.05) is 12.1 Å². The van der Waals surface area contributed by atoms with Crippen LogP contribution in [0.2, 0.25) is 0 Å². The van der Waals surface area contributed by atoms with Gasteiger partial charge in [0.1, 0.15) is 5.75 Å². The first-order valence-corrected chi connectivity index (χ1v) is 4.86. The number of carboxylic acid groups (broad SMARTS) is 1. The Morgan fingerprint density at radius 2 is 2.13 bits per heavy atom. The molecule has 0 bridgehead atoms. The Balaban J connectivity index is 2.47. The summed E-state index contributed by atoms with van der Waals surface area (Å²) in [5.74, 6) is -0.624. The van der Waals surface area contributed by atoms with Crippen LogP contribution in [0.3, 0.4) is 0 Å². The van der Waals surface area contributed by atoms with Crippen LogP contribution < -0.4 is 5.32 Å². The molecule has 0 aliphatic rings. The van der Waals surface area contributed by atoms with E-state index in [9.17, 15) is 9.90 Å². The maximum atomic E-state index is 10.3. The van der Waals surface area contributed by atoms with Crippen molar-refractivity contribution in [1.29, 1.82) is 0 Å². The summed E-state index contributed by atoms with van der Waals surface area (Å²) >= 11 is 0. The Morgan fingerprint density at radius 1 is 1.47 bits per heavy atom. The zero-order valence-corrected chi connectivity index (χ0v) is 8.60. The van der Waals surface area contributed by atoms with Crippen LogP contribution in [0.1, 0.15) is 19.8 Å². The van der Waals surface area contributed by atoms with Crippen molar-refractivity contribution in [2.45, 2.75) is 25.8 Å². The predicted molar refractivity (Wildman–Crippen MR) is 58.1 cm³/mol. The summed E-state index contributed by atoms with van der Waals surface area (Å²) in [5.41, 5.74) is 0.635. The molecule has 0 saturated carbocycles. The van der Waals surface area contributed by atoms with Crippen LogP contribution in [0.15, 0.2) is 24.3 Å². The fraction of sp³-hybridized carbons (Fsp3) is 0.364. The molecule has 1 unspecified atom stereocenters. The maximum absolute atomic E-state index is 10.3. The third-order valence-corrected chi connectivity index (χ3v) is 2.10. The molecular weight excluding hydrogens is 194 g/mol. The summed E-state index contributed by atoms with van der Waals surface area (Å²) in [7, 11) is 0. The zero-order chi connectivity index (χ0) is 11.3. The van der Waals surface area contributed by atoms with Gasteiger partial charge in [-0.05, 0) is 25.5 Å². The standard InChI is InChI=1S/C11H15NO3/c1-8(6-7-11(14)15)12-9-4-2-3-5-10(9)13/h2-5,8,12-13H,6-7H2,1H3,(H,14,15). The van der Waals surface area contributed by atoms with Crippen molar-refractivity contribution in [2.75, 3.05) is 5.32 Å². The van der Waals surface area contributed by atoms with E-state index in [2.05, 4.69) is 5.32 Å². The minimum Gasteiger partial charge on any atom is -0.506 e. The number of nitrogens with one attached hydrogen (secondary N) is 1. The lowest BCUT2D eigenvalue weighted by molar-refractivity contribution is -0.137. The monoisotopic (exact) mass is 209 g/mol. The molecule has 15 heavy (non-hydrogen) atoms. The van der Waals surface area contributed by atoms with E-state index in [1.807, 2.05) is 13.0 Å². The van der Waals surface area contributed by atoms with Crippen molar-refractivity contribution in [1.82, 2.24) is 0 Å². The SMILES string of the molecule is CC(CCC(=O)O)Nc1ccccc1O. The molecule has 4 heteroatoms. The van der Waals surface area contributed by atoms with Crippen LogP contribution in [0.5, 0.6) is 5.75 Å². The maximum Gasteiger partial charge on any atom is 0.303 e. The van der Waals surface area contributed by atoms with Gasteiger partial charge in [-0.3, -0.25) is 4.79 Å². The number of carbonyl (C=O) groups is 1. The molecule has 0 radical (unpaired) electrons. The topological polar surface area (TPSA) is 69.6 Å². The predicted octanol–water partition coefficient (Wildman–Crippen LogP) is 2.06. The highest BCUT2D eigenvalue weighted by Gasteiger charge is 2.07. The Bertz CT molecular complexity index is 338. The first-order chi connectivity index (χ1) is 7.09. The second kappa shape index (κ2) is 5.24. The number of phenols is 1. The van der Waals surface area contributed by atoms with Crippen LogP contribution in [0.4, 0.5) is 5.69 Å². The van der Waals surface area contributed by atoms with Gasteiger partial charge in [0.15, 0.2) is 0 Å². The van der Waals surface area contributed by atoms with Gasteiger partial charge in [0.05, 0.1) is 5.69 Å². The molecule has 4 nitrogen and oxygen atoms in total. The first kappa shape index (κ1) is 11.4. The Morgan fingerprint density at radius 3 is 2.73 bits per heavy atom. The Hall–Kier alpha value is -1.71. The average molecular weight is 209 g/mol. The molecule has 0 saturated heterocycles. The number of rotatable bonds is 5. The smallest absolute Gasteiger partial charge is 0.303 e. The van der Waals surface area contributed by atoms with Crippen LogP contribution >= 0.6 is 0 Å². The fourth-order valence-corrected chi connectivity index (χ4v) is 1.27. The van der Waals surface area contributed by atoms with Crippen LogP contribution in [0, 0.1) is 0 Å². The second-order valence-electron chi connectivity index (χ2n) is 3.49. The van der Waals surface area contributed by atoms with E-state index in [1.165, 1.54) is 0 Å². The van der Waals surface area contributed by atoms with E-state index in [0.29, 0.717) is 12.1 Å². The summed E-state index contributed by atoms with van der Waals surface area (Å²) in [6.45, 7) is 1.88. The van der Waals surface area contributed by atoms with E-state index >= 15 is 0 Å². The molecule has 1 rings (SSSR count). The Labute approximate surface area is 88.6 Å². The van der Waals surface area contributed by atoms with Crippen molar-refractivity contribution in [3.05, 3.63) is 24.3 Å². The van der Waals surface area contributed by atoms with E-state index in [0.717, 1.165) is 0 Å². The number of anilines is 1. The van der Waals surface area contributed by atoms with Gasteiger partial charge in [0.2, 0.25) is 0 Å². The van der Waals surface area contributed by atoms with Gasteiger partial charge in [-0.15, -0.1) is 0 Å². The number of para-hydroxylation sites is 2. The van der Waals surface area contributed by atoms with Crippen molar-refractivity contribution < 1.29 is 15.0 Å². The van der Waals surface area contributed by atoms with Crippen molar-refractivity contribution in [3.8, 4) is 5.75 Å². The van der Waals surface area contributed by atoms with Crippen LogP contribution in [0.25, 0.3) is 0 Å². The summed E-state index contributed by atoms with van der Waals surface area (Å²) in [6, 6.07) is 6.92. The summed E-state index contributed by atoms with van der Waals surface area (Å²) in [5, 5.41) is 21.0. The van der Waals surface area contributed by atoms with E-state index in [4.69, 9.17) is 5.11 Å². The fourth-order valence-electron chi connectivity index (χ4n) is 1.27. The van der Waals surface area contributed by atoms with Crippen molar-refractivity contribution in [2.24, 2.45) is 0 Å². The normalized spacial score (nSPS) is 12.1. The van der Waals surface area contributed by atoms with Gasteiger partial charge in [-0.2, -0.15) is 0 Å². The molecule has 0 amide bonds. The largest absolute Gasteiger partial charge is 0.506 e. The molecule has 1 atom stereocenters. The molecule has 0 heterocycles. The molecule has 0 aliphatic heterocycles. The van der Waals surface area contributed by atoms with Crippen LogP contribution in [-0.4, -0.2) is 22.2 Å².